The van der Waals surface area contributed by atoms with Gasteiger partial charge in [0.15, 0.2) is 0 Å². The van der Waals surface area contributed by atoms with E-state index in [-0.39, 0.29) is 5.91 Å². The maximum Gasteiger partial charge on any atom is 0.224 e. The second kappa shape index (κ2) is 5.01. The molecule has 0 unspecified atom stereocenters. The predicted octanol–water partition coefficient (Wildman–Crippen LogP) is 3.25. The Labute approximate surface area is 89.3 Å². The quantitative estimate of drug-likeness (QED) is 0.817. The van der Waals surface area contributed by atoms with Gasteiger partial charge < -0.3 is 5.32 Å². The van der Waals surface area contributed by atoms with Gasteiger partial charge in [-0.15, -0.1) is 0 Å². The number of benzene rings is 1. The Bertz CT molecular complexity index is 336. The first kappa shape index (κ1) is 11.1. The lowest BCUT2D eigenvalue weighted by molar-refractivity contribution is -0.115. The van der Waals surface area contributed by atoms with Crippen molar-refractivity contribution in [3.05, 3.63) is 28.8 Å². The lowest BCUT2D eigenvalue weighted by Gasteiger charge is -2.06. The van der Waals surface area contributed by atoms with Crippen LogP contribution in [0.15, 0.2) is 18.2 Å². The van der Waals surface area contributed by atoms with Gasteiger partial charge in [0.25, 0.3) is 0 Å². The first-order valence-electron chi connectivity index (χ1n) is 4.75. The summed E-state index contributed by atoms with van der Waals surface area (Å²) < 4.78 is 0. The zero-order valence-corrected chi connectivity index (χ0v) is 9.19. The molecule has 1 amide bonds. The number of hydrogen-bond donors (Lipinski definition) is 1. The van der Waals surface area contributed by atoms with E-state index in [1.165, 1.54) is 0 Å². The zero-order chi connectivity index (χ0) is 10.6. The van der Waals surface area contributed by atoms with Crippen LogP contribution in [0.5, 0.6) is 0 Å². The minimum atomic E-state index is 0.00492. The summed E-state index contributed by atoms with van der Waals surface area (Å²) in [7, 11) is 0. The molecule has 0 atom stereocenters. The number of halogens is 1. The third-order valence-electron chi connectivity index (χ3n) is 2.04. The van der Waals surface area contributed by atoms with Crippen LogP contribution in [0.1, 0.15) is 25.8 Å². The summed E-state index contributed by atoms with van der Waals surface area (Å²) in [6, 6.07) is 5.60. The van der Waals surface area contributed by atoms with Gasteiger partial charge in [0.1, 0.15) is 0 Å². The van der Waals surface area contributed by atoms with Crippen LogP contribution in [-0.2, 0) is 11.2 Å². The lowest BCUT2D eigenvalue weighted by atomic mass is 10.1. The van der Waals surface area contributed by atoms with E-state index in [9.17, 15) is 4.79 Å². The molecule has 0 bridgehead atoms. The van der Waals surface area contributed by atoms with Crippen molar-refractivity contribution in [2.24, 2.45) is 0 Å². The second-order valence-corrected chi connectivity index (χ2v) is 3.47. The van der Waals surface area contributed by atoms with Gasteiger partial charge in [0.2, 0.25) is 5.91 Å². The van der Waals surface area contributed by atoms with Crippen LogP contribution >= 0.6 is 11.6 Å². The molecule has 0 radical (unpaired) electrons. The third-order valence-corrected chi connectivity index (χ3v) is 2.39. The Hall–Kier alpha value is -1.02. The number of carbonyl (C=O) groups excluding carboxylic acids is 1. The van der Waals surface area contributed by atoms with Crippen molar-refractivity contribution in [3.8, 4) is 0 Å². The zero-order valence-electron chi connectivity index (χ0n) is 8.43. The number of hydrogen-bond acceptors (Lipinski definition) is 1. The van der Waals surface area contributed by atoms with Gasteiger partial charge in [-0.05, 0) is 24.1 Å². The molecule has 2 nitrogen and oxygen atoms in total. The molecule has 1 aromatic carbocycles. The summed E-state index contributed by atoms with van der Waals surface area (Å²) >= 11 is 6.00. The van der Waals surface area contributed by atoms with Crippen LogP contribution < -0.4 is 5.32 Å². The molecule has 1 N–H and O–H groups in total. The van der Waals surface area contributed by atoms with Crippen LogP contribution in [-0.4, -0.2) is 5.91 Å². The summed E-state index contributed by atoms with van der Waals surface area (Å²) in [5.41, 5.74) is 1.86. The molecule has 0 aliphatic rings. The molecule has 1 rings (SSSR count). The van der Waals surface area contributed by atoms with Crippen molar-refractivity contribution in [1.29, 1.82) is 0 Å². The fourth-order valence-corrected chi connectivity index (χ4v) is 1.48. The Morgan fingerprint density at radius 3 is 2.64 bits per heavy atom. The average Bonchev–Trinajstić information content (AvgIpc) is 2.18. The van der Waals surface area contributed by atoms with Gasteiger partial charge >= 0.3 is 0 Å². The molecule has 0 saturated carbocycles. The summed E-state index contributed by atoms with van der Waals surface area (Å²) in [6.07, 6.45) is 1.38. The number of anilines is 1. The summed E-state index contributed by atoms with van der Waals surface area (Å²) in [6.45, 7) is 3.86. The molecular weight excluding hydrogens is 198 g/mol. The molecule has 0 aliphatic carbocycles. The van der Waals surface area contributed by atoms with Crippen molar-refractivity contribution in [2.75, 3.05) is 5.32 Å². The van der Waals surface area contributed by atoms with Gasteiger partial charge in [-0.1, -0.05) is 31.5 Å². The molecular formula is C11H14ClNO. The highest BCUT2D eigenvalue weighted by Gasteiger charge is 2.02. The van der Waals surface area contributed by atoms with E-state index in [0.717, 1.165) is 17.7 Å². The van der Waals surface area contributed by atoms with Crippen molar-refractivity contribution >= 4 is 23.2 Å². The van der Waals surface area contributed by atoms with Gasteiger partial charge in [0, 0.05) is 17.1 Å². The van der Waals surface area contributed by atoms with Crippen molar-refractivity contribution < 1.29 is 4.79 Å². The fraction of sp³-hybridized carbons (Fsp3) is 0.364. The van der Waals surface area contributed by atoms with Crippen LogP contribution in [0.2, 0.25) is 5.02 Å². The molecule has 0 spiro atoms. The van der Waals surface area contributed by atoms with Gasteiger partial charge in [-0.3, -0.25) is 4.79 Å². The normalized spacial score (nSPS) is 9.93. The Morgan fingerprint density at radius 2 is 2.14 bits per heavy atom. The van der Waals surface area contributed by atoms with Crippen LogP contribution in [0, 0.1) is 0 Å². The van der Waals surface area contributed by atoms with Gasteiger partial charge in [-0.25, -0.2) is 0 Å². The number of rotatable bonds is 3. The van der Waals surface area contributed by atoms with E-state index in [0.29, 0.717) is 11.4 Å². The molecule has 14 heavy (non-hydrogen) atoms. The molecule has 0 fully saturated rings. The number of aryl methyl sites for hydroxylation is 1. The van der Waals surface area contributed by atoms with E-state index in [1.807, 2.05) is 26.0 Å². The minimum Gasteiger partial charge on any atom is -0.326 e. The maximum atomic E-state index is 11.1. The van der Waals surface area contributed by atoms with Gasteiger partial charge in [-0.2, -0.15) is 0 Å². The molecule has 0 aliphatic heterocycles. The van der Waals surface area contributed by atoms with E-state index in [4.69, 9.17) is 11.6 Å². The van der Waals surface area contributed by atoms with Crippen molar-refractivity contribution in [3.63, 3.8) is 0 Å². The van der Waals surface area contributed by atoms with E-state index in [1.54, 1.807) is 6.07 Å². The average molecular weight is 212 g/mol. The van der Waals surface area contributed by atoms with Gasteiger partial charge in [0.05, 0.1) is 0 Å². The minimum absolute atomic E-state index is 0.00492. The van der Waals surface area contributed by atoms with E-state index in [2.05, 4.69) is 5.32 Å². The highest BCUT2D eigenvalue weighted by atomic mass is 35.5. The first-order valence-corrected chi connectivity index (χ1v) is 5.13. The summed E-state index contributed by atoms with van der Waals surface area (Å²) in [5, 5.41) is 3.47. The second-order valence-electron chi connectivity index (χ2n) is 3.06. The largest absolute Gasteiger partial charge is 0.326 e. The van der Waals surface area contributed by atoms with Crippen LogP contribution in [0.3, 0.4) is 0 Å². The molecule has 0 aromatic heterocycles. The number of amides is 1. The number of nitrogens with one attached hydrogen (secondary N) is 1. The Balaban J connectivity index is 2.81. The smallest absolute Gasteiger partial charge is 0.224 e. The molecule has 0 heterocycles. The van der Waals surface area contributed by atoms with Crippen LogP contribution in [0.4, 0.5) is 5.69 Å². The summed E-state index contributed by atoms with van der Waals surface area (Å²) in [4.78, 5) is 11.1. The Morgan fingerprint density at radius 1 is 1.43 bits per heavy atom. The van der Waals surface area contributed by atoms with Crippen LogP contribution in [0.25, 0.3) is 0 Å². The fourth-order valence-electron chi connectivity index (χ4n) is 1.16. The third kappa shape index (κ3) is 2.74. The molecule has 76 valence electrons. The van der Waals surface area contributed by atoms with E-state index >= 15 is 0 Å². The molecule has 3 heteroatoms. The monoisotopic (exact) mass is 211 g/mol. The standard InChI is InChI=1S/C11H14ClNO/c1-3-8-5-6-9(7-10(8)12)13-11(14)4-2/h5-7H,3-4H2,1-2H3,(H,13,14). The summed E-state index contributed by atoms with van der Waals surface area (Å²) in [5.74, 6) is 0.00492. The number of carbonyl (C=O) groups is 1. The highest BCUT2D eigenvalue weighted by Crippen LogP contribution is 2.21. The molecule has 0 saturated heterocycles. The van der Waals surface area contributed by atoms with E-state index < -0.39 is 0 Å². The molecule has 1 aromatic rings. The lowest BCUT2D eigenvalue weighted by Crippen LogP contribution is -2.09. The van der Waals surface area contributed by atoms with Crippen molar-refractivity contribution in [2.45, 2.75) is 26.7 Å². The van der Waals surface area contributed by atoms with Crippen molar-refractivity contribution in [1.82, 2.24) is 0 Å². The Kier molecular flexibility index (Phi) is 3.96. The SMILES string of the molecule is CCC(=O)Nc1ccc(CC)c(Cl)c1. The predicted molar refractivity (Wildman–Crippen MR) is 59.8 cm³/mol. The first-order chi connectivity index (χ1) is 6.67. The maximum absolute atomic E-state index is 11.1. The highest BCUT2D eigenvalue weighted by molar-refractivity contribution is 6.31. The topological polar surface area (TPSA) is 29.1 Å².